The Morgan fingerprint density at radius 2 is 1.45 bits per heavy atom. The number of fused-ring (bicyclic) bond motifs is 2. The fourth-order valence-electron chi connectivity index (χ4n) is 4.07. The van der Waals surface area contributed by atoms with Gasteiger partial charge in [0.15, 0.2) is 5.43 Å². The number of rotatable bonds is 4. The highest BCUT2D eigenvalue weighted by Crippen LogP contribution is 2.38. The van der Waals surface area contributed by atoms with Crippen LogP contribution in [0.4, 0.5) is 0 Å². The van der Waals surface area contributed by atoms with Crippen LogP contribution in [0.3, 0.4) is 0 Å². The second-order valence-corrected chi connectivity index (χ2v) is 7.22. The van der Waals surface area contributed by atoms with Gasteiger partial charge in [0, 0.05) is 6.54 Å². The highest BCUT2D eigenvalue weighted by Gasteiger charge is 2.42. The first-order valence-corrected chi connectivity index (χ1v) is 9.69. The number of amides is 1. The molecular formula is C25H19NO3. The Morgan fingerprint density at radius 3 is 2.21 bits per heavy atom. The van der Waals surface area contributed by atoms with Crippen LogP contribution in [0.5, 0.6) is 0 Å². The zero-order valence-corrected chi connectivity index (χ0v) is 15.7. The monoisotopic (exact) mass is 381 g/mol. The van der Waals surface area contributed by atoms with Gasteiger partial charge < -0.3 is 9.32 Å². The fourth-order valence-corrected chi connectivity index (χ4v) is 4.07. The van der Waals surface area contributed by atoms with E-state index in [1.807, 2.05) is 66.7 Å². The van der Waals surface area contributed by atoms with Gasteiger partial charge in [0.1, 0.15) is 5.58 Å². The first-order chi connectivity index (χ1) is 14.2. The predicted octanol–water partition coefficient (Wildman–Crippen LogP) is 4.58. The normalized spacial score (nSPS) is 15.7. The number of nitrogens with zero attached hydrogens (tertiary/aromatic N) is 1. The molecule has 0 bridgehead atoms. The lowest BCUT2D eigenvalue weighted by Crippen LogP contribution is -2.31. The molecule has 4 nitrogen and oxygen atoms in total. The van der Waals surface area contributed by atoms with Gasteiger partial charge >= 0.3 is 0 Å². The van der Waals surface area contributed by atoms with Gasteiger partial charge in [0.05, 0.1) is 17.0 Å². The van der Waals surface area contributed by atoms with Gasteiger partial charge in [-0.25, -0.2) is 0 Å². The lowest BCUT2D eigenvalue weighted by Gasteiger charge is -2.25. The van der Waals surface area contributed by atoms with Crippen LogP contribution in [0, 0.1) is 0 Å². The SMILES string of the molecule is O=C1c2oc3ccccc3c(=O)c2C(c2ccccc2)N1CCc1ccccc1. The van der Waals surface area contributed by atoms with Crippen molar-refractivity contribution in [2.45, 2.75) is 12.5 Å². The fraction of sp³-hybridized carbons (Fsp3) is 0.120. The Morgan fingerprint density at radius 1 is 0.793 bits per heavy atom. The molecule has 1 amide bonds. The van der Waals surface area contributed by atoms with Gasteiger partial charge in [-0.15, -0.1) is 0 Å². The number of carbonyl (C=O) groups excluding carboxylic acids is 1. The molecule has 4 aromatic rings. The van der Waals surface area contributed by atoms with E-state index in [1.165, 1.54) is 0 Å². The quantitative estimate of drug-likeness (QED) is 0.520. The molecule has 2 heterocycles. The molecule has 0 saturated carbocycles. The van der Waals surface area contributed by atoms with E-state index in [0.29, 0.717) is 29.5 Å². The van der Waals surface area contributed by atoms with E-state index < -0.39 is 6.04 Å². The topological polar surface area (TPSA) is 50.5 Å². The van der Waals surface area contributed by atoms with Crippen LogP contribution >= 0.6 is 0 Å². The van der Waals surface area contributed by atoms with Crippen molar-refractivity contribution in [2.75, 3.05) is 6.54 Å². The minimum absolute atomic E-state index is 0.133. The molecule has 1 aromatic heterocycles. The summed E-state index contributed by atoms with van der Waals surface area (Å²) < 4.78 is 5.94. The maximum atomic E-state index is 13.3. The molecular weight excluding hydrogens is 362 g/mol. The first-order valence-electron chi connectivity index (χ1n) is 9.69. The molecule has 29 heavy (non-hydrogen) atoms. The Kier molecular flexibility index (Phi) is 4.24. The number of hydrogen-bond acceptors (Lipinski definition) is 3. The summed E-state index contributed by atoms with van der Waals surface area (Å²) in [5.41, 5.74) is 2.81. The molecule has 5 rings (SSSR count). The Bertz CT molecular complexity index is 1250. The van der Waals surface area contributed by atoms with E-state index in [0.717, 1.165) is 11.1 Å². The molecule has 1 unspecified atom stereocenters. The Hall–Kier alpha value is -3.66. The largest absolute Gasteiger partial charge is 0.450 e. The second kappa shape index (κ2) is 7.06. The van der Waals surface area contributed by atoms with Crippen molar-refractivity contribution in [3.63, 3.8) is 0 Å². The van der Waals surface area contributed by atoms with Gasteiger partial charge in [-0.2, -0.15) is 0 Å². The van der Waals surface area contributed by atoms with E-state index in [2.05, 4.69) is 0 Å². The van der Waals surface area contributed by atoms with Gasteiger partial charge in [-0.3, -0.25) is 9.59 Å². The molecule has 1 aliphatic heterocycles. The van der Waals surface area contributed by atoms with Crippen LogP contribution < -0.4 is 5.43 Å². The van der Waals surface area contributed by atoms with Crippen LogP contribution in [-0.2, 0) is 6.42 Å². The molecule has 0 aliphatic carbocycles. The zero-order valence-electron chi connectivity index (χ0n) is 15.7. The van der Waals surface area contributed by atoms with Gasteiger partial charge in [0.25, 0.3) is 5.91 Å². The van der Waals surface area contributed by atoms with Gasteiger partial charge in [-0.05, 0) is 29.7 Å². The third-order valence-corrected chi connectivity index (χ3v) is 5.47. The lowest BCUT2D eigenvalue weighted by atomic mass is 9.98. The maximum Gasteiger partial charge on any atom is 0.290 e. The third kappa shape index (κ3) is 2.93. The van der Waals surface area contributed by atoms with E-state index in [1.54, 1.807) is 23.1 Å². The summed E-state index contributed by atoms with van der Waals surface area (Å²) in [5, 5.41) is 0.505. The lowest BCUT2D eigenvalue weighted by molar-refractivity contribution is 0.0730. The van der Waals surface area contributed by atoms with Gasteiger partial charge in [0.2, 0.25) is 5.76 Å². The second-order valence-electron chi connectivity index (χ2n) is 7.22. The summed E-state index contributed by atoms with van der Waals surface area (Å²) in [4.78, 5) is 28.4. The van der Waals surface area contributed by atoms with Crippen molar-refractivity contribution in [1.82, 2.24) is 4.90 Å². The standard InChI is InChI=1S/C25H19NO3/c27-23-19-13-7-8-14-20(19)29-24-21(23)22(18-11-5-2-6-12-18)26(25(24)28)16-15-17-9-3-1-4-10-17/h1-14,22H,15-16H2. The average Bonchev–Trinajstić information content (AvgIpc) is 3.06. The van der Waals surface area contributed by atoms with Gasteiger partial charge in [-0.1, -0.05) is 72.8 Å². The molecule has 0 radical (unpaired) electrons. The number of benzene rings is 3. The molecule has 0 spiro atoms. The van der Waals surface area contributed by atoms with Crippen molar-refractivity contribution in [1.29, 1.82) is 0 Å². The molecule has 142 valence electrons. The highest BCUT2D eigenvalue weighted by atomic mass is 16.3. The molecule has 0 saturated heterocycles. The molecule has 1 atom stereocenters. The van der Waals surface area contributed by atoms with E-state index in [9.17, 15) is 9.59 Å². The Balaban J connectivity index is 1.64. The summed E-state index contributed by atoms with van der Waals surface area (Å²) >= 11 is 0. The molecule has 4 heteroatoms. The zero-order chi connectivity index (χ0) is 19.8. The predicted molar refractivity (Wildman–Crippen MR) is 112 cm³/mol. The van der Waals surface area contributed by atoms with Crippen LogP contribution in [-0.4, -0.2) is 17.4 Å². The highest BCUT2D eigenvalue weighted by molar-refractivity contribution is 5.99. The summed E-state index contributed by atoms with van der Waals surface area (Å²) in [6.07, 6.45) is 0.706. The summed E-state index contributed by atoms with van der Waals surface area (Å²) in [5.74, 6) is -0.0664. The number of para-hydroxylation sites is 1. The van der Waals surface area contributed by atoms with Crippen molar-refractivity contribution in [3.8, 4) is 0 Å². The van der Waals surface area contributed by atoms with E-state index >= 15 is 0 Å². The number of carbonyl (C=O) groups is 1. The van der Waals surface area contributed by atoms with Crippen LogP contribution in [0.25, 0.3) is 11.0 Å². The van der Waals surface area contributed by atoms with Crippen molar-refractivity contribution >= 4 is 16.9 Å². The summed E-state index contributed by atoms with van der Waals surface area (Å²) in [6, 6.07) is 26.4. The van der Waals surface area contributed by atoms with Crippen LogP contribution in [0.1, 0.15) is 33.3 Å². The average molecular weight is 381 g/mol. The van der Waals surface area contributed by atoms with Crippen molar-refractivity contribution in [3.05, 3.63) is 118 Å². The molecule has 0 N–H and O–H groups in total. The maximum absolute atomic E-state index is 13.3. The first kappa shape index (κ1) is 17.4. The van der Waals surface area contributed by atoms with Crippen LogP contribution in [0.2, 0.25) is 0 Å². The van der Waals surface area contributed by atoms with E-state index in [4.69, 9.17) is 4.42 Å². The smallest absolute Gasteiger partial charge is 0.290 e. The number of hydrogen-bond donors (Lipinski definition) is 0. The molecule has 1 aliphatic rings. The van der Waals surface area contributed by atoms with Crippen LogP contribution in [0.15, 0.2) is 94.1 Å². The molecule has 0 fully saturated rings. The van der Waals surface area contributed by atoms with E-state index in [-0.39, 0.29) is 17.1 Å². The Labute approximate surface area is 168 Å². The summed E-state index contributed by atoms with van der Waals surface area (Å²) in [7, 11) is 0. The third-order valence-electron chi connectivity index (χ3n) is 5.47. The minimum Gasteiger partial charge on any atom is -0.450 e. The van der Waals surface area contributed by atoms with Crippen molar-refractivity contribution < 1.29 is 9.21 Å². The van der Waals surface area contributed by atoms with Crippen molar-refractivity contribution in [2.24, 2.45) is 0 Å². The summed E-state index contributed by atoms with van der Waals surface area (Å²) in [6.45, 7) is 0.502. The minimum atomic E-state index is -0.441. The molecule has 3 aromatic carbocycles.